The minimum Gasteiger partial charge on any atom is -0.478 e. The van der Waals surface area contributed by atoms with Gasteiger partial charge in [0.05, 0.1) is 16.8 Å². The van der Waals surface area contributed by atoms with Crippen LogP contribution in [0.2, 0.25) is 0 Å². The minimum absolute atomic E-state index is 0.171. The highest BCUT2D eigenvalue weighted by atomic mass is 16.4. The van der Waals surface area contributed by atoms with Crippen molar-refractivity contribution < 1.29 is 9.90 Å². The van der Waals surface area contributed by atoms with Crippen molar-refractivity contribution in [3.05, 3.63) is 29.3 Å². The quantitative estimate of drug-likeness (QED) is 0.901. The second-order valence-electron chi connectivity index (χ2n) is 5.04. The molecule has 1 atom stereocenters. The fraction of sp³-hybridized carbons (Fsp3) is 0.467. The molecule has 0 saturated carbocycles. The number of nitrogens with zero attached hydrogens (tertiary/aromatic N) is 2. The smallest absolute Gasteiger partial charge is 0.335 e. The number of aromatic carboxylic acids is 1. The van der Waals surface area contributed by atoms with Gasteiger partial charge in [0.15, 0.2) is 0 Å². The summed E-state index contributed by atoms with van der Waals surface area (Å²) in [7, 11) is 0. The van der Waals surface area contributed by atoms with E-state index in [0.717, 1.165) is 25.2 Å². The number of carboxylic acid groups (broad SMARTS) is 1. The number of hydrogen-bond acceptors (Lipinski definition) is 3. The highest BCUT2D eigenvalue weighted by Gasteiger charge is 2.24. The third-order valence-electron chi connectivity index (χ3n) is 3.69. The Morgan fingerprint density at radius 1 is 1.58 bits per heavy atom. The third-order valence-corrected chi connectivity index (χ3v) is 3.69. The number of carboxylic acids is 1. The average molecular weight is 258 g/mol. The predicted molar refractivity (Wildman–Crippen MR) is 73.3 cm³/mol. The summed E-state index contributed by atoms with van der Waals surface area (Å²) in [4.78, 5) is 13.1. The van der Waals surface area contributed by atoms with E-state index in [4.69, 9.17) is 5.11 Å². The van der Waals surface area contributed by atoms with Gasteiger partial charge in [0.1, 0.15) is 6.07 Å². The first-order chi connectivity index (χ1) is 9.15. The molecular weight excluding hydrogens is 240 g/mol. The van der Waals surface area contributed by atoms with Gasteiger partial charge < -0.3 is 10.0 Å². The molecule has 1 saturated heterocycles. The molecule has 0 aromatic heterocycles. The van der Waals surface area contributed by atoms with Crippen LogP contribution in [-0.2, 0) is 0 Å². The molecule has 4 heteroatoms. The van der Waals surface area contributed by atoms with Crippen LogP contribution in [0.4, 0.5) is 5.69 Å². The molecule has 100 valence electrons. The predicted octanol–water partition coefficient (Wildman–Crippen LogP) is 2.88. The van der Waals surface area contributed by atoms with E-state index < -0.39 is 5.97 Å². The van der Waals surface area contributed by atoms with Crippen molar-refractivity contribution in [2.75, 3.05) is 18.0 Å². The SMILES string of the molecule is CCCC1CCN(c2ccc(C(=O)O)cc2C#N)C1. The Morgan fingerprint density at radius 2 is 2.37 bits per heavy atom. The van der Waals surface area contributed by atoms with Crippen LogP contribution in [0.25, 0.3) is 0 Å². The van der Waals surface area contributed by atoms with E-state index in [1.165, 1.54) is 18.9 Å². The Balaban J connectivity index is 2.22. The average Bonchev–Trinajstić information content (AvgIpc) is 2.86. The molecule has 2 rings (SSSR count). The van der Waals surface area contributed by atoms with Crippen molar-refractivity contribution >= 4 is 11.7 Å². The van der Waals surface area contributed by atoms with Crippen molar-refractivity contribution in [3.8, 4) is 6.07 Å². The zero-order valence-electron chi connectivity index (χ0n) is 11.1. The van der Waals surface area contributed by atoms with Crippen LogP contribution in [0.1, 0.15) is 42.1 Å². The van der Waals surface area contributed by atoms with Gasteiger partial charge in [0.2, 0.25) is 0 Å². The molecule has 1 N–H and O–H groups in total. The summed E-state index contributed by atoms with van der Waals surface area (Å²) in [6, 6.07) is 6.91. The van der Waals surface area contributed by atoms with Crippen LogP contribution in [-0.4, -0.2) is 24.2 Å². The Labute approximate surface area is 113 Å². The maximum absolute atomic E-state index is 10.9. The summed E-state index contributed by atoms with van der Waals surface area (Å²) in [5, 5.41) is 18.1. The molecule has 4 nitrogen and oxygen atoms in total. The number of nitriles is 1. The molecule has 0 bridgehead atoms. The highest BCUT2D eigenvalue weighted by molar-refractivity contribution is 5.89. The van der Waals surface area contributed by atoms with Crippen LogP contribution < -0.4 is 4.90 Å². The molecule has 1 fully saturated rings. The van der Waals surface area contributed by atoms with Gasteiger partial charge in [0.25, 0.3) is 0 Å². The molecule has 1 aromatic rings. The molecule has 1 heterocycles. The monoisotopic (exact) mass is 258 g/mol. The van der Waals surface area contributed by atoms with Gasteiger partial charge in [-0.15, -0.1) is 0 Å². The molecule has 0 spiro atoms. The lowest BCUT2D eigenvalue weighted by molar-refractivity contribution is 0.0697. The Kier molecular flexibility index (Phi) is 4.06. The molecule has 1 aromatic carbocycles. The zero-order chi connectivity index (χ0) is 13.8. The van der Waals surface area contributed by atoms with Crippen LogP contribution >= 0.6 is 0 Å². The van der Waals surface area contributed by atoms with Crippen molar-refractivity contribution in [1.82, 2.24) is 0 Å². The van der Waals surface area contributed by atoms with E-state index in [2.05, 4.69) is 17.9 Å². The lowest BCUT2D eigenvalue weighted by atomic mass is 10.0. The van der Waals surface area contributed by atoms with E-state index >= 15 is 0 Å². The Hall–Kier alpha value is -2.02. The van der Waals surface area contributed by atoms with E-state index in [9.17, 15) is 10.1 Å². The maximum Gasteiger partial charge on any atom is 0.335 e. The van der Waals surface area contributed by atoms with Crippen molar-refractivity contribution in [3.63, 3.8) is 0 Å². The molecule has 1 aliphatic rings. The lowest BCUT2D eigenvalue weighted by Crippen LogP contribution is -2.20. The number of rotatable bonds is 4. The molecule has 0 radical (unpaired) electrons. The summed E-state index contributed by atoms with van der Waals surface area (Å²) in [5.41, 5.74) is 1.49. The van der Waals surface area contributed by atoms with E-state index in [1.807, 2.05) is 0 Å². The van der Waals surface area contributed by atoms with Crippen molar-refractivity contribution in [1.29, 1.82) is 5.26 Å². The summed E-state index contributed by atoms with van der Waals surface area (Å²) < 4.78 is 0. The number of hydrogen-bond donors (Lipinski definition) is 1. The minimum atomic E-state index is -0.992. The molecule has 0 amide bonds. The van der Waals surface area contributed by atoms with Crippen molar-refractivity contribution in [2.24, 2.45) is 5.92 Å². The van der Waals surface area contributed by atoms with Gasteiger partial charge in [-0.3, -0.25) is 0 Å². The second kappa shape index (κ2) is 5.75. The number of carbonyl (C=O) groups is 1. The van der Waals surface area contributed by atoms with Gasteiger partial charge in [-0.1, -0.05) is 13.3 Å². The fourth-order valence-corrected chi connectivity index (χ4v) is 2.73. The van der Waals surface area contributed by atoms with E-state index in [1.54, 1.807) is 12.1 Å². The topological polar surface area (TPSA) is 64.3 Å². The van der Waals surface area contributed by atoms with Gasteiger partial charge in [-0.2, -0.15) is 5.26 Å². The van der Waals surface area contributed by atoms with Gasteiger partial charge in [0, 0.05) is 13.1 Å². The molecule has 1 unspecified atom stereocenters. The molecule has 19 heavy (non-hydrogen) atoms. The van der Waals surface area contributed by atoms with Crippen LogP contribution in [0.5, 0.6) is 0 Å². The number of anilines is 1. The van der Waals surface area contributed by atoms with Gasteiger partial charge >= 0.3 is 5.97 Å². The molecule has 0 aliphatic carbocycles. The highest BCUT2D eigenvalue weighted by Crippen LogP contribution is 2.29. The Bertz CT molecular complexity index is 519. The first-order valence-electron chi connectivity index (χ1n) is 6.68. The first kappa shape index (κ1) is 13.4. The zero-order valence-corrected chi connectivity index (χ0v) is 11.1. The first-order valence-corrected chi connectivity index (χ1v) is 6.68. The summed E-state index contributed by atoms with van der Waals surface area (Å²) >= 11 is 0. The summed E-state index contributed by atoms with van der Waals surface area (Å²) in [5.74, 6) is -0.302. The van der Waals surface area contributed by atoms with Gasteiger partial charge in [-0.05, 0) is 37.0 Å². The van der Waals surface area contributed by atoms with E-state index in [0.29, 0.717) is 11.5 Å². The fourth-order valence-electron chi connectivity index (χ4n) is 2.73. The third kappa shape index (κ3) is 2.87. The van der Waals surface area contributed by atoms with Crippen LogP contribution in [0.3, 0.4) is 0 Å². The van der Waals surface area contributed by atoms with Crippen LogP contribution in [0.15, 0.2) is 18.2 Å². The Morgan fingerprint density at radius 3 is 3.00 bits per heavy atom. The second-order valence-corrected chi connectivity index (χ2v) is 5.04. The van der Waals surface area contributed by atoms with Crippen LogP contribution in [0, 0.1) is 17.2 Å². The lowest BCUT2D eigenvalue weighted by Gasteiger charge is -2.20. The number of benzene rings is 1. The maximum atomic E-state index is 10.9. The molecular formula is C15H18N2O2. The van der Waals surface area contributed by atoms with E-state index in [-0.39, 0.29) is 5.56 Å². The normalized spacial score (nSPS) is 18.3. The standard InChI is InChI=1S/C15H18N2O2/c1-2-3-11-6-7-17(10-11)14-5-4-12(15(18)19)8-13(14)9-16/h4-5,8,11H,2-3,6-7,10H2,1H3,(H,18,19). The van der Waals surface area contributed by atoms with Gasteiger partial charge in [-0.25, -0.2) is 4.79 Å². The van der Waals surface area contributed by atoms with Crippen molar-refractivity contribution in [2.45, 2.75) is 26.2 Å². The summed E-state index contributed by atoms with van der Waals surface area (Å²) in [6.45, 7) is 4.10. The largest absolute Gasteiger partial charge is 0.478 e. The summed E-state index contributed by atoms with van der Waals surface area (Å²) in [6.07, 6.45) is 3.55. The molecule has 1 aliphatic heterocycles.